The first-order chi connectivity index (χ1) is 12.7. The first-order valence-corrected chi connectivity index (χ1v) is 10.2. The molecule has 4 nitrogen and oxygen atoms in total. The first kappa shape index (κ1) is 20.6. The van der Waals surface area contributed by atoms with Gasteiger partial charge < -0.3 is 10.4 Å². The molecule has 2 N–H and O–H groups in total. The molecule has 3 rings (SSSR count). The Morgan fingerprint density at radius 3 is 2.44 bits per heavy atom. The van der Waals surface area contributed by atoms with E-state index in [1.807, 2.05) is 6.07 Å². The molecule has 1 heterocycles. The van der Waals surface area contributed by atoms with Crippen LogP contribution in [0.15, 0.2) is 18.2 Å². The molecule has 0 radical (unpaired) electrons. The van der Waals surface area contributed by atoms with E-state index in [-0.39, 0.29) is 34.4 Å². The molecule has 6 heteroatoms. The van der Waals surface area contributed by atoms with Crippen LogP contribution < -0.4 is 5.32 Å². The van der Waals surface area contributed by atoms with Gasteiger partial charge in [0.05, 0.1) is 17.0 Å². The Morgan fingerprint density at radius 2 is 1.89 bits per heavy atom. The zero-order chi connectivity index (χ0) is 19.8. The number of carboxylic acids is 1. The average Bonchev–Trinajstić information content (AvgIpc) is 3.02. The van der Waals surface area contributed by atoms with Crippen LogP contribution in [0.4, 0.5) is 4.39 Å². The highest BCUT2D eigenvalue weighted by Crippen LogP contribution is 2.39. The molecule has 0 amide bonds. The second-order valence-corrected chi connectivity index (χ2v) is 9.34. The lowest BCUT2D eigenvalue weighted by Crippen LogP contribution is -2.47. The van der Waals surface area contributed by atoms with Crippen LogP contribution >= 0.6 is 11.6 Å². The number of benzene rings is 1. The highest BCUT2D eigenvalue weighted by atomic mass is 35.5. The number of nitrogens with zero attached hydrogens (tertiary/aromatic N) is 1. The summed E-state index contributed by atoms with van der Waals surface area (Å²) in [6.45, 7) is 7.51. The third-order valence-corrected chi connectivity index (χ3v) is 6.38. The number of nitrogens with one attached hydrogen (secondary N) is 1. The predicted octanol–water partition coefficient (Wildman–Crippen LogP) is 4.63. The van der Waals surface area contributed by atoms with Gasteiger partial charge in [-0.05, 0) is 70.6 Å². The third-order valence-electron chi connectivity index (χ3n) is 6.07. The standard InChI is InChI=1S/C21H30ClFN2O2/c1-21(2,3)25-11-10-18(19(25)14-6-9-16(22)17(23)12-14)24-15-7-4-13(5-8-15)20(26)27/h6,9,12-13,15,18-19,24H,4-5,7-8,10-11H2,1-3H3,(H,26,27). The summed E-state index contributed by atoms with van der Waals surface area (Å²) in [5.74, 6) is -1.27. The van der Waals surface area contributed by atoms with Crippen molar-refractivity contribution in [2.24, 2.45) is 5.92 Å². The number of rotatable bonds is 4. The van der Waals surface area contributed by atoms with Gasteiger partial charge in [0, 0.05) is 24.2 Å². The van der Waals surface area contributed by atoms with Crippen molar-refractivity contribution < 1.29 is 14.3 Å². The monoisotopic (exact) mass is 396 g/mol. The van der Waals surface area contributed by atoms with Crippen molar-refractivity contribution in [2.45, 2.75) is 76.5 Å². The van der Waals surface area contributed by atoms with Gasteiger partial charge in [0.2, 0.25) is 0 Å². The van der Waals surface area contributed by atoms with E-state index in [1.54, 1.807) is 12.1 Å². The molecule has 0 spiro atoms. The molecule has 2 unspecified atom stereocenters. The van der Waals surface area contributed by atoms with Crippen molar-refractivity contribution in [2.75, 3.05) is 6.54 Å². The van der Waals surface area contributed by atoms with Gasteiger partial charge in [-0.15, -0.1) is 0 Å². The van der Waals surface area contributed by atoms with Crippen molar-refractivity contribution in [3.8, 4) is 0 Å². The summed E-state index contributed by atoms with van der Waals surface area (Å²) in [5, 5.41) is 13.1. The Kier molecular flexibility index (Phi) is 6.14. The summed E-state index contributed by atoms with van der Waals surface area (Å²) in [7, 11) is 0. The largest absolute Gasteiger partial charge is 0.481 e. The fourth-order valence-electron chi connectivity index (χ4n) is 4.64. The van der Waals surface area contributed by atoms with Crippen molar-refractivity contribution in [1.29, 1.82) is 0 Å². The molecule has 2 aliphatic rings. The summed E-state index contributed by atoms with van der Waals surface area (Å²) in [6.07, 6.45) is 4.20. The fraction of sp³-hybridized carbons (Fsp3) is 0.667. The van der Waals surface area contributed by atoms with Crippen molar-refractivity contribution in [3.63, 3.8) is 0 Å². The minimum absolute atomic E-state index is 0.0296. The maximum atomic E-state index is 14.1. The molecule has 1 saturated carbocycles. The Bertz CT molecular complexity index is 683. The van der Waals surface area contributed by atoms with Crippen LogP contribution in [0.5, 0.6) is 0 Å². The van der Waals surface area contributed by atoms with Gasteiger partial charge in [-0.1, -0.05) is 17.7 Å². The zero-order valence-electron chi connectivity index (χ0n) is 16.3. The minimum Gasteiger partial charge on any atom is -0.481 e. The molecule has 0 aromatic heterocycles. The fourth-order valence-corrected chi connectivity index (χ4v) is 4.76. The van der Waals surface area contributed by atoms with Gasteiger partial charge in [-0.3, -0.25) is 9.69 Å². The van der Waals surface area contributed by atoms with Crippen LogP contribution in [-0.4, -0.2) is 40.1 Å². The van der Waals surface area contributed by atoms with Gasteiger partial charge in [0.25, 0.3) is 0 Å². The van der Waals surface area contributed by atoms with Crippen LogP contribution in [0, 0.1) is 11.7 Å². The maximum absolute atomic E-state index is 14.1. The van der Waals surface area contributed by atoms with Crippen LogP contribution in [-0.2, 0) is 4.79 Å². The second kappa shape index (κ2) is 8.06. The van der Waals surface area contributed by atoms with Crippen LogP contribution in [0.3, 0.4) is 0 Å². The van der Waals surface area contributed by atoms with Crippen molar-refractivity contribution >= 4 is 17.6 Å². The van der Waals surface area contributed by atoms with Gasteiger partial charge in [0.1, 0.15) is 5.82 Å². The molecule has 1 saturated heterocycles. The molecule has 1 aliphatic carbocycles. The van der Waals surface area contributed by atoms with E-state index in [1.165, 1.54) is 0 Å². The minimum atomic E-state index is -0.678. The van der Waals surface area contributed by atoms with Gasteiger partial charge in [-0.25, -0.2) is 4.39 Å². The van der Waals surface area contributed by atoms with E-state index in [0.717, 1.165) is 44.2 Å². The number of aliphatic carboxylic acids is 1. The predicted molar refractivity (Wildman–Crippen MR) is 106 cm³/mol. The van der Waals surface area contributed by atoms with Gasteiger partial charge in [-0.2, -0.15) is 0 Å². The summed E-state index contributed by atoms with van der Waals surface area (Å²) in [6, 6.07) is 5.75. The van der Waals surface area contributed by atoms with E-state index in [0.29, 0.717) is 6.04 Å². The number of halogens is 2. The summed E-state index contributed by atoms with van der Waals surface area (Å²) in [5.41, 5.74) is 0.916. The lowest BCUT2D eigenvalue weighted by atomic mass is 9.85. The van der Waals surface area contributed by atoms with Crippen LogP contribution in [0.1, 0.15) is 64.5 Å². The van der Waals surface area contributed by atoms with Crippen LogP contribution in [0.25, 0.3) is 0 Å². The zero-order valence-corrected chi connectivity index (χ0v) is 17.1. The Labute approximate surface area is 166 Å². The highest BCUT2D eigenvalue weighted by molar-refractivity contribution is 6.30. The summed E-state index contributed by atoms with van der Waals surface area (Å²) < 4.78 is 14.1. The van der Waals surface area contributed by atoms with Gasteiger partial charge >= 0.3 is 5.97 Å². The number of hydrogen-bond donors (Lipinski definition) is 2. The Morgan fingerprint density at radius 1 is 1.22 bits per heavy atom. The van der Waals surface area contributed by atoms with Gasteiger partial charge in [0.15, 0.2) is 0 Å². The first-order valence-electron chi connectivity index (χ1n) is 9.87. The molecule has 150 valence electrons. The SMILES string of the molecule is CC(C)(C)N1CCC(NC2CCC(C(=O)O)CC2)C1c1ccc(Cl)c(F)c1. The number of likely N-dealkylation sites (tertiary alicyclic amines) is 1. The second-order valence-electron chi connectivity index (χ2n) is 8.93. The molecule has 2 atom stereocenters. The lowest BCUT2D eigenvalue weighted by molar-refractivity contribution is -0.142. The molecule has 2 fully saturated rings. The summed E-state index contributed by atoms with van der Waals surface area (Å²) in [4.78, 5) is 13.6. The van der Waals surface area contributed by atoms with E-state index < -0.39 is 5.97 Å². The van der Waals surface area contributed by atoms with E-state index >= 15 is 0 Å². The quantitative estimate of drug-likeness (QED) is 0.779. The van der Waals surface area contributed by atoms with Crippen molar-refractivity contribution in [1.82, 2.24) is 10.2 Å². The number of carboxylic acid groups (broad SMARTS) is 1. The van der Waals surface area contributed by atoms with E-state index in [4.69, 9.17) is 11.6 Å². The highest BCUT2D eigenvalue weighted by Gasteiger charge is 2.41. The Hall–Kier alpha value is -1.17. The number of hydrogen-bond acceptors (Lipinski definition) is 3. The summed E-state index contributed by atoms with van der Waals surface area (Å²) >= 11 is 5.89. The molecular formula is C21H30ClFN2O2. The topological polar surface area (TPSA) is 52.6 Å². The number of carbonyl (C=O) groups is 1. The smallest absolute Gasteiger partial charge is 0.306 e. The Balaban J connectivity index is 1.77. The molecule has 27 heavy (non-hydrogen) atoms. The molecule has 1 aliphatic heterocycles. The molecular weight excluding hydrogens is 367 g/mol. The third kappa shape index (κ3) is 4.64. The molecule has 1 aromatic rings. The normalized spacial score (nSPS) is 29.8. The van der Waals surface area contributed by atoms with E-state index in [9.17, 15) is 14.3 Å². The molecule has 1 aromatic carbocycles. The lowest BCUT2D eigenvalue weighted by Gasteiger charge is -2.40. The van der Waals surface area contributed by atoms with Crippen LogP contribution in [0.2, 0.25) is 5.02 Å². The maximum Gasteiger partial charge on any atom is 0.306 e. The van der Waals surface area contributed by atoms with Crippen molar-refractivity contribution in [3.05, 3.63) is 34.6 Å². The van der Waals surface area contributed by atoms with E-state index in [2.05, 4.69) is 31.0 Å². The average molecular weight is 397 g/mol. The molecule has 0 bridgehead atoms.